The number of fused-ring (bicyclic) bond motifs is 1. The number of halogens is 1. The Morgan fingerprint density at radius 1 is 1.14 bits per heavy atom. The van der Waals surface area contributed by atoms with Crippen molar-refractivity contribution in [3.63, 3.8) is 0 Å². The highest BCUT2D eigenvalue weighted by Crippen LogP contribution is 2.33. The maximum Gasteiger partial charge on any atom is 0.0995 e. The molecule has 0 saturated carbocycles. The zero-order chi connectivity index (χ0) is 9.59. The van der Waals surface area contributed by atoms with E-state index in [4.69, 9.17) is 5.11 Å². The first kappa shape index (κ1) is 12.2. The number of aliphatic hydroxyl groups excluding tert-OH is 4. The number of nitrogens with zero attached hydrogens (tertiary/aromatic N) is 1. The molecule has 0 amide bonds. The monoisotopic (exact) mass is 225 g/mol. The Morgan fingerprint density at radius 2 is 1.79 bits per heavy atom. The van der Waals surface area contributed by atoms with Crippen molar-refractivity contribution >= 4 is 12.4 Å². The van der Waals surface area contributed by atoms with E-state index in [9.17, 15) is 15.3 Å². The van der Waals surface area contributed by atoms with Crippen LogP contribution < -0.4 is 0 Å². The van der Waals surface area contributed by atoms with Crippen molar-refractivity contribution in [1.29, 1.82) is 0 Å². The van der Waals surface area contributed by atoms with E-state index in [0.717, 1.165) is 0 Å². The van der Waals surface area contributed by atoms with Crippen LogP contribution in [0, 0.1) is 0 Å². The average Bonchev–Trinajstić information content (AvgIpc) is 2.57. The van der Waals surface area contributed by atoms with Crippen molar-refractivity contribution in [1.82, 2.24) is 4.90 Å². The summed E-state index contributed by atoms with van der Waals surface area (Å²) in [5.41, 5.74) is 0. The smallest absolute Gasteiger partial charge is 0.0995 e. The summed E-state index contributed by atoms with van der Waals surface area (Å²) in [4.78, 5) is 1.79. The summed E-state index contributed by atoms with van der Waals surface area (Å²) in [6, 6.07) is -0.815. The lowest BCUT2D eigenvalue weighted by molar-refractivity contribution is -0.000895. The molecular weight excluding hydrogens is 210 g/mol. The first-order valence-corrected chi connectivity index (χ1v) is 4.57. The van der Waals surface area contributed by atoms with Crippen molar-refractivity contribution in [3.05, 3.63) is 0 Å². The van der Waals surface area contributed by atoms with Gasteiger partial charge in [-0.1, -0.05) is 0 Å². The van der Waals surface area contributed by atoms with E-state index < -0.39 is 30.4 Å². The third-order valence-electron chi connectivity index (χ3n) is 3.17. The van der Waals surface area contributed by atoms with Crippen LogP contribution in [0.25, 0.3) is 0 Å². The van der Waals surface area contributed by atoms with Gasteiger partial charge in [0.15, 0.2) is 0 Å². The van der Waals surface area contributed by atoms with Gasteiger partial charge in [-0.25, -0.2) is 0 Å². The van der Waals surface area contributed by atoms with Crippen LogP contribution in [0.4, 0.5) is 0 Å². The first-order chi connectivity index (χ1) is 6.16. The molecule has 0 aromatic rings. The standard InChI is InChI=1S/C8H15NO4.ClH/c10-3-4-7(12)8(13)6-5(11)1-2-9(4)6;/h4-8,10-13H,1-3H2;1H/t4-,5+,6+,7+,8+;/m0./s1. The Kier molecular flexibility index (Phi) is 3.74. The molecule has 2 saturated heterocycles. The Labute approximate surface area is 88.4 Å². The molecule has 0 aromatic heterocycles. The summed E-state index contributed by atoms with van der Waals surface area (Å²) >= 11 is 0. The molecule has 84 valence electrons. The molecule has 0 bridgehead atoms. The highest BCUT2D eigenvalue weighted by atomic mass is 35.5. The van der Waals surface area contributed by atoms with E-state index in [0.29, 0.717) is 13.0 Å². The highest BCUT2D eigenvalue weighted by Gasteiger charge is 2.52. The van der Waals surface area contributed by atoms with Gasteiger partial charge in [-0.2, -0.15) is 0 Å². The van der Waals surface area contributed by atoms with Gasteiger partial charge < -0.3 is 20.4 Å². The van der Waals surface area contributed by atoms with E-state index in [2.05, 4.69) is 0 Å². The second-order valence-electron chi connectivity index (χ2n) is 3.82. The minimum Gasteiger partial charge on any atom is -0.395 e. The summed E-state index contributed by atoms with van der Waals surface area (Å²) in [5.74, 6) is 0. The SMILES string of the molecule is Cl.OC[C@H]1[C@@H](O)[C@H](O)[C@H]2[C@H](O)CCN21. The van der Waals surface area contributed by atoms with Gasteiger partial charge in [0.05, 0.1) is 37.0 Å². The molecule has 5 nitrogen and oxygen atoms in total. The maximum absolute atomic E-state index is 9.58. The zero-order valence-electron chi connectivity index (χ0n) is 7.65. The van der Waals surface area contributed by atoms with Crippen LogP contribution in [-0.4, -0.2) is 68.9 Å². The van der Waals surface area contributed by atoms with Crippen LogP contribution in [0.3, 0.4) is 0 Å². The van der Waals surface area contributed by atoms with Gasteiger partial charge in [0.25, 0.3) is 0 Å². The van der Waals surface area contributed by atoms with Crippen molar-refractivity contribution < 1.29 is 20.4 Å². The molecule has 2 aliphatic heterocycles. The predicted molar refractivity (Wildman–Crippen MR) is 51.3 cm³/mol. The van der Waals surface area contributed by atoms with Gasteiger partial charge >= 0.3 is 0 Å². The Hall–Kier alpha value is 0.0900. The Bertz CT molecular complexity index is 206. The average molecular weight is 226 g/mol. The van der Waals surface area contributed by atoms with Gasteiger partial charge in [-0.05, 0) is 6.42 Å². The number of hydrogen-bond acceptors (Lipinski definition) is 5. The van der Waals surface area contributed by atoms with Crippen molar-refractivity contribution in [2.45, 2.75) is 36.8 Å². The van der Waals surface area contributed by atoms with E-state index in [1.54, 1.807) is 4.90 Å². The molecule has 0 aromatic carbocycles. The lowest BCUT2D eigenvalue weighted by Gasteiger charge is -2.22. The fraction of sp³-hybridized carbons (Fsp3) is 1.00. The molecule has 2 heterocycles. The summed E-state index contributed by atoms with van der Waals surface area (Å²) in [6.45, 7) is 0.451. The fourth-order valence-corrected chi connectivity index (χ4v) is 2.47. The van der Waals surface area contributed by atoms with Crippen LogP contribution in [0.2, 0.25) is 0 Å². The first-order valence-electron chi connectivity index (χ1n) is 4.57. The second-order valence-corrected chi connectivity index (χ2v) is 3.82. The minimum absolute atomic E-state index is 0. The van der Waals surface area contributed by atoms with Crippen LogP contribution in [0.15, 0.2) is 0 Å². The Balaban J connectivity index is 0.000000980. The zero-order valence-corrected chi connectivity index (χ0v) is 8.47. The van der Waals surface area contributed by atoms with Crippen LogP contribution in [-0.2, 0) is 0 Å². The minimum atomic E-state index is -0.940. The fourth-order valence-electron chi connectivity index (χ4n) is 2.47. The molecule has 2 fully saturated rings. The summed E-state index contributed by atoms with van der Waals surface area (Å²) in [5, 5.41) is 37.6. The Morgan fingerprint density at radius 3 is 2.36 bits per heavy atom. The normalized spacial score (nSPS) is 47.6. The summed E-state index contributed by atoms with van der Waals surface area (Å²) in [7, 11) is 0. The van der Waals surface area contributed by atoms with Crippen LogP contribution >= 0.6 is 12.4 Å². The highest BCUT2D eigenvalue weighted by molar-refractivity contribution is 5.85. The number of hydrogen-bond donors (Lipinski definition) is 4. The van der Waals surface area contributed by atoms with Crippen LogP contribution in [0.1, 0.15) is 6.42 Å². The molecule has 2 rings (SSSR count). The molecule has 0 aliphatic carbocycles. The number of rotatable bonds is 1. The van der Waals surface area contributed by atoms with E-state index in [1.165, 1.54) is 0 Å². The molecule has 4 N–H and O–H groups in total. The van der Waals surface area contributed by atoms with E-state index in [-0.39, 0.29) is 19.0 Å². The summed E-state index contributed by atoms with van der Waals surface area (Å²) in [6.07, 6.45) is -1.86. The molecule has 0 radical (unpaired) electrons. The van der Waals surface area contributed by atoms with Gasteiger partial charge in [0.1, 0.15) is 0 Å². The maximum atomic E-state index is 9.58. The van der Waals surface area contributed by atoms with Gasteiger partial charge in [0.2, 0.25) is 0 Å². The predicted octanol–water partition coefficient (Wildman–Crippen LogP) is -2.06. The van der Waals surface area contributed by atoms with Crippen molar-refractivity contribution in [3.8, 4) is 0 Å². The van der Waals surface area contributed by atoms with Gasteiger partial charge in [0, 0.05) is 6.54 Å². The molecule has 6 heteroatoms. The third-order valence-corrected chi connectivity index (χ3v) is 3.17. The molecule has 0 spiro atoms. The molecule has 0 unspecified atom stereocenters. The largest absolute Gasteiger partial charge is 0.395 e. The molecule has 2 aliphatic rings. The summed E-state index contributed by atoms with van der Waals surface area (Å²) < 4.78 is 0. The van der Waals surface area contributed by atoms with Crippen molar-refractivity contribution in [2.24, 2.45) is 0 Å². The van der Waals surface area contributed by atoms with Crippen molar-refractivity contribution in [2.75, 3.05) is 13.2 Å². The lowest BCUT2D eigenvalue weighted by atomic mass is 10.0. The van der Waals surface area contributed by atoms with Gasteiger partial charge in [-0.15, -0.1) is 12.4 Å². The quantitative estimate of drug-likeness (QED) is 0.413. The number of aliphatic hydroxyl groups is 4. The lowest BCUT2D eigenvalue weighted by Crippen LogP contribution is -2.39. The second kappa shape index (κ2) is 4.30. The van der Waals surface area contributed by atoms with E-state index in [1.807, 2.05) is 0 Å². The van der Waals surface area contributed by atoms with E-state index >= 15 is 0 Å². The molecule has 5 atom stereocenters. The van der Waals surface area contributed by atoms with Gasteiger partial charge in [-0.3, -0.25) is 4.90 Å². The topological polar surface area (TPSA) is 84.2 Å². The third kappa shape index (κ3) is 1.54. The molecular formula is C8H16ClNO4. The van der Waals surface area contributed by atoms with Crippen LogP contribution in [0.5, 0.6) is 0 Å². The molecule has 14 heavy (non-hydrogen) atoms.